The Morgan fingerprint density at radius 2 is 2.21 bits per heavy atom. The van der Waals surface area contributed by atoms with Crippen LogP contribution in [0, 0.1) is 11.6 Å². The number of aromatic nitrogens is 1. The molecule has 19 heavy (non-hydrogen) atoms. The van der Waals surface area contributed by atoms with E-state index < -0.39 is 17.7 Å². The van der Waals surface area contributed by atoms with Crippen molar-refractivity contribution in [3.05, 3.63) is 17.7 Å². The van der Waals surface area contributed by atoms with Crippen LogP contribution in [-0.4, -0.2) is 49.0 Å². The Bertz CT molecular complexity index is 459. The molecule has 2 atom stereocenters. The monoisotopic (exact) mass is 273 g/mol. The molecule has 1 saturated heterocycles. The molecule has 2 heterocycles. The summed E-state index contributed by atoms with van der Waals surface area (Å²) in [7, 11) is 1.52. The molecule has 2 rings (SSSR count). The van der Waals surface area contributed by atoms with E-state index in [0.717, 1.165) is 6.07 Å². The number of morpholine rings is 1. The SMILES string of the molecule is CNc1nc(N2CC(C)OC(CO)C2)c(F)cc1F. The smallest absolute Gasteiger partial charge is 0.168 e. The number of anilines is 2. The van der Waals surface area contributed by atoms with Crippen molar-refractivity contribution in [3.63, 3.8) is 0 Å². The largest absolute Gasteiger partial charge is 0.394 e. The fraction of sp³-hybridized carbons (Fsp3) is 0.583. The summed E-state index contributed by atoms with van der Waals surface area (Å²) in [5.41, 5.74) is 0. The molecule has 1 fully saturated rings. The van der Waals surface area contributed by atoms with Gasteiger partial charge in [-0.2, -0.15) is 0 Å². The molecule has 0 amide bonds. The molecule has 0 spiro atoms. The highest BCUT2D eigenvalue weighted by Gasteiger charge is 2.28. The van der Waals surface area contributed by atoms with Crippen LogP contribution >= 0.6 is 0 Å². The van der Waals surface area contributed by atoms with Gasteiger partial charge in [0.15, 0.2) is 23.3 Å². The molecular weight excluding hydrogens is 256 g/mol. The van der Waals surface area contributed by atoms with Crippen LogP contribution in [0.1, 0.15) is 6.92 Å². The van der Waals surface area contributed by atoms with Crippen molar-refractivity contribution in [3.8, 4) is 0 Å². The maximum absolute atomic E-state index is 13.8. The van der Waals surface area contributed by atoms with Gasteiger partial charge in [0.25, 0.3) is 0 Å². The van der Waals surface area contributed by atoms with E-state index in [-0.39, 0.29) is 24.3 Å². The van der Waals surface area contributed by atoms with Gasteiger partial charge in [0.2, 0.25) is 0 Å². The number of rotatable bonds is 3. The predicted molar refractivity (Wildman–Crippen MR) is 67.3 cm³/mol. The zero-order valence-electron chi connectivity index (χ0n) is 10.9. The lowest BCUT2D eigenvalue weighted by molar-refractivity contribution is -0.0424. The lowest BCUT2D eigenvalue weighted by atomic mass is 10.2. The number of nitrogens with zero attached hydrogens (tertiary/aromatic N) is 2. The van der Waals surface area contributed by atoms with Crippen molar-refractivity contribution in [2.24, 2.45) is 0 Å². The molecule has 1 aromatic rings. The first-order chi connectivity index (χ1) is 9.05. The maximum atomic E-state index is 13.8. The van der Waals surface area contributed by atoms with Crippen molar-refractivity contribution >= 4 is 11.6 Å². The van der Waals surface area contributed by atoms with E-state index in [2.05, 4.69) is 10.3 Å². The van der Waals surface area contributed by atoms with E-state index in [1.54, 1.807) is 4.90 Å². The van der Waals surface area contributed by atoms with Crippen LogP contribution < -0.4 is 10.2 Å². The summed E-state index contributed by atoms with van der Waals surface area (Å²) < 4.78 is 32.7. The highest BCUT2D eigenvalue weighted by molar-refractivity contribution is 5.49. The van der Waals surface area contributed by atoms with Gasteiger partial charge in [0.1, 0.15) is 0 Å². The molecule has 0 aromatic carbocycles. The van der Waals surface area contributed by atoms with Gasteiger partial charge in [-0.1, -0.05) is 0 Å². The number of halogens is 2. The first-order valence-corrected chi connectivity index (χ1v) is 6.10. The second-order valence-corrected chi connectivity index (χ2v) is 4.53. The van der Waals surface area contributed by atoms with Crippen molar-refractivity contribution in [2.75, 3.05) is 37.0 Å². The first kappa shape index (κ1) is 14.0. The van der Waals surface area contributed by atoms with E-state index in [1.807, 2.05) is 6.92 Å². The van der Waals surface area contributed by atoms with Crippen molar-refractivity contribution in [1.29, 1.82) is 0 Å². The number of aliphatic hydroxyl groups is 1. The van der Waals surface area contributed by atoms with Crippen LogP contribution in [0.4, 0.5) is 20.4 Å². The number of pyridine rings is 1. The Balaban J connectivity index is 2.30. The molecule has 1 aliphatic rings. The summed E-state index contributed by atoms with van der Waals surface area (Å²) in [6.07, 6.45) is -0.553. The van der Waals surface area contributed by atoms with Gasteiger partial charge in [0, 0.05) is 26.2 Å². The molecule has 5 nitrogen and oxygen atoms in total. The second kappa shape index (κ2) is 5.66. The normalized spacial score (nSPS) is 23.5. The van der Waals surface area contributed by atoms with Gasteiger partial charge < -0.3 is 20.1 Å². The van der Waals surface area contributed by atoms with Gasteiger partial charge in [0.05, 0.1) is 18.8 Å². The summed E-state index contributed by atoms with van der Waals surface area (Å²) in [4.78, 5) is 5.60. The summed E-state index contributed by atoms with van der Waals surface area (Å²) in [6, 6.07) is 0.808. The van der Waals surface area contributed by atoms with Crippen LogP contribution in [0.5, 0.6) is 0 Å². The molecule has 0 bridgehead atoms. The molecule has 1 aromatic heterocycles. The zero-order chi connectivity index (χ0) is 14.0. The lowest BCUT2D eigenvalue weighted by Gasteiger charge is -2.37. The lowest BCUT2D eigenvalue weighted by Crippen LogP contribution is -2.48. The van der Waals surface area contributed by atoms with Gasteiger partial charge in [-0.05, 0) is 6.92 Å². The number of hydrogen-bond acceptors (Lipinski definition) is 5. The zero-order valence-corrected chi connectivity index (χ0v) is 10.9. The minimum absolute atomic E-state index is 0.00362. The van der Waals surface area contributed by atoms with E-state index in [9.17, 15) is 8.78 Å². The van der Waals surface area contributed by atoms with Crippen LogP contribution in [0.3, 0.4) is 0 Å². The maximum Gasteiger partial charge on any atom is 0.168 e. The topological polar surface area (TPSA) is 57.6 Å². The average Bonchev–Trinajstić information content (AvgIpc) is 2.38. The van der Waals surface area contributed by atoms with E-state index in [4.69, 9.17) is 9.84 Å². The van der Waals surface area contributed by atoms with Crippen LogP contribution in [-0.2, 0) is 4.74 Å². The molecule has 1 aliphatic heterocycles. The second-order valence-electron chi connectivity index (χ2n) is 4.53. The third-order valence-electron chi connectivity index (χ3n) is 2.98. The number of aliphatic hydroxyl groups excluding tert-OH is 1. The fourth-order valence-electron chi connectivity index (χ4n) is 2.17. The fourth-order valence-corrected chi connectivity index (χ4v) is 2.17. The Labute approximate surface area is 110 Å². The molecule has 2 N–H and O–H groups in total. The first-order valence-electron chi connectivity index (χ1n) is 6.10. The highest BCUT2D eigenvalue weighted by Crippen LogP contribution is 2.25. The van der Waals surface area contributed by atoms with Crippen LogP contribution in [0.2, 0.25) is 0 Å². The van der Waals surface area contributed by atoms with Crippen molar-refractivity contribution in [1.82, 2.24) is 4.98 Å². The predicted octanol–water partition coefficient (Wildman–Crippen LogP) is 0.987. The van der Waals surface area contributed by atoms with Crippen molar-refractivity contribution < 1.29 is 18.6 Å². The van der Waals surface area contributed by atoms with Gasteiger partial charge in [-0.3, -0.25) is 0 Å². The molecule has 0 radical (unpaired) electrons. The molecule has 106 valence electrons. The third kappa shape index (κ3) is 2.93. The van der Waals surface area contributed by atoms with Crippen LogP contribution in [0.25, 0.3) is 0 Å². The Morgan fingerprint density at radius 3 is 2.84 bits per heavy atom. The summed E-state index contributed by atoms with van der Waals surface area (Å²) in [6.45, 7) is 2.44. The highest BCUT2D eigenvalue weighted by atomic mass is 19.1. The molecule has 2 unspecified atom stereocenters. The molecule has 7 heteroatoms. The van der Waals surface area contributed by atoms with E-state index in [1.165, 1.54) is 7.05 Å². The molecule has 0 aliphatic carbocycles. The Kier molecular flexibility index (Phi) is 4.16. The van der Waals surface area contributed by atoms with E-state index >= 15 is 0 Å². The third-order valence-corrected chi connectivity index (χ3v) is 2.98. The quantitative estimate of drug-likeness (QED) is 0.860. The standard InChI is InChI=1S/C12H17F2N3O2/c1-7-4-17(5-8(6-18)19-7)12-10(14)3-9(13)11(15-2)16-12/h3,7-8,18H,4-6H2,1-2H3,(H,15,16). The Morgan fingerprint density at radius 1 is 1.47 bits per heavy atom. The van der Waals surface area contributed by atoms with Crippen LogP contribution in [0.15, 0.2) is 6.07 Å². The van der Waals surface area contributed by atoms with Gasteiger partial charge in [-0.25, -0.2) is 13.8 Å². The Hall–Kier alpha value is -1.47. The number of nitrogens with one attached hydrogen (secondary N) is 1. The van der Waals surface area contributed by atoms with E-state index in [0.29, 0.717) is 13.1 Å². The minimum atomic E-state index is -0.733. The van der Waals surface area contributed by atoms with Gasteiger partial charge in [-0.15, -0.1) is 0 Å². The molecular formula is C12H17F2N3O2. The summed E-state index contributed by atoms with van der Waals surface area (Å²) >= 11 is 0. The summed E-state index contributed by atoms with van der Waals surface area (Å²) in [5, 5.41) is 11.7. The number of hydrogen-bond donors (Lipinski definition) is 2. The van der Waals surface area contributed by atoms with Crippen molar-refractivity contribution in [2.45, 2.75) is 19.1 Å². The minimum Gasteiger partial charge on any atom is -0.394 e. The van der Waals surface area contributed by atoms with Gasteiger partial charge >= 0.3 is 0 Å². The average molecular weight is 273 g/mol. The summed E-state index contributed by atoms with van der Waals surface area (Å²) in [5.74, 6) is -1.39. The number of ether oxygens (including phenoxy) is 1. The molecule has 0 saturated carbocycles.